The van der Waals surface area contributed by atoms with E-state index in [1.807, 2.05) is 20.8 Å². The van der Waals surface area contributed by atoms with Gasteiger partial charge < -0.3 is 28.6 Å². The molecule has 7 nitrogen and oxygen atoms in total. The van der Waals surface area contributed by atoms with Gasteiger partial charge >= 0.3 is 6.09 Å². The summed E-state index contributed by atoms with van der Waals surface area (Å²) in [5.41, 5.74) is -0.516. The van der Waals surface area contributed by atoms with E-state index in [9.17, 15) is 4.79 Å². The van der Waals surface area contributed by atoms with E-state index in [-0.39, 0.29) is 6.09 Å². The minimum atomic E-state index is -0.516. The van der Waals surface area contributed by atoms with E-state index in [4.69, 9.17) is 23.7 Å². The zero-order valence-electron chi connectivity index (χ0n) is 14.0. The van der Waals surface area contributed by atoms with Crippen molar-refractivity contribution in [3.63, 3.8) is 0 Å². The maximum absolute atomic E-state index is 12.2. The van der Waals surface area contributed by atoms with E-state index >= 15 is 0 Å². The molecule has 0 radical (unpaired) electrons. The third-order valence-corrected chi connectivity index (χ3v) is 2.78. The number of amides is 1. The third kappa shape index (κ3) is 9.94. The van der Waals surface area contributed by atoms with Crippen molar-refractivity contribution in [2.24, 2.45) is 0 Å². The largest absolute Gasteiger partial charge is 0.444 e. The molecule has 1 fully saturated rings. The summed E-state index contributed by atoms with van der Waals surface area (Å²) in [4.78, 5) is 13.8. The topological polar surface area (TPSA) is 66.5 Å². The Morgan fingerprint density at radius 3 is 1.50 bits per heavy atom. The Balaban J connectivity index is 2.43. The summed E-state index contributed by atoms with van der Waals surface area (Å²) >= 11 is 0. The predicted octanol–water partition coefficient (Wildman–Crippen LogP) is 1.30. The maximum atomic E-state index is 12.2. The van der Waals surface area contributed by atoms with Crippen LogP contribution in [0.5, 0.6) is 0 Å². The molecule has 1 aliphatic rings. The lowest BCUT2D eigenvalue weighted by Gasteiger charge is -2.27. The van der Waals surface area contributed by atoms with Gasteiger partial charge in [-0.1, -0.05) is 0 Å². The van der Waals surface area contributed by atoms with Crippen LogP contribution in [0.2, 0.25) is 0 Å². The standard InChI is InChI=1S/C15H29NO6/c1-15(2,3)22-14(17)16-4-6-18-8-10-20-12-13-21-11-9-19-7-5-16/h4-13H2,1-3H3. The second kappa shape index (κ2) is 10.8. The van der Waals surface area contributed by atoms with Gasteiger partial charge in [0.15, 0.2) is 0 Å². The molecule has 22 heavy (non-hydrogen) atoms. The highest BCUT2D eigenvalue weighted by molar-refractivity contribution is 5.68. The zero-order valence-corrected chi connectivity index (χ0v) is 14.0. The van der Waals surface area contributed by atoms with Gasteiger partial charge in [0, 0.05) is 13.1 Å². The van der Waals surface area contributed by atoms with Crippen LogP contribution in [0.15, 0.2) is 0 Å². The lowest BCUT2D eigenvalue weighted by Crippen LogP contribution is -2.40. The van der Waals surface area contributed by atoms with Gasteiger partial charge in [-0.2, -0.15) is 0 Å². The van der Waals surface area contributed by atoms with Gasteiger partial charge in [-0.3, -0.25) is 0 Å². The summed E-state index contributed by atoms with van der Waals surface area (Å²) in [5.74, 6) is 0. The van der Waals surface area contributed by atoms with Gasteiger partial charge in [-0.05, 0) is 20.8 Å². The second-order valence-electron chi connectivity index (χ2n) is 5.92. The first-order chi connectivity index (χ1) is 10.5. The number of hydrogen-bond acceptors (Lipinski definition) is 6. The highest BCUT2D eigenvalue weighted by Gasteiger charge is 2.21. The summed E-state index contributed by atoms with van der Waals surface area (Å²) in [7, 11) is 0. The molecule has 0 aliphatic carbocycles. The molecule has 0 bridgehead atoms. The molecule has 0 aromatic heterocycles. The van der Waals surface area contributed by atoms with Gasteiger partial charge in [-0.15, -0.1) is 0 Å². The first-order valence-electron chi connectivity index (χ1n) is 7.78. The normalized spacial score (nSPS) is 20.8. The lowest BCUT2D eigenvalue weighted by atomic mass is 10.2. The highest BCUT2D eigenvalue weighted by atomic mass is 16.6. The maximum Gasteiger partial charge on any atom is 0.410 e. The Hall–Kier alpha value is -0.890. The van der Waals surface area contributed by atoms with Crippen molar-refractivity contribution < 1.29 is 28.5 Å². The molecular weight excluding hydrogens is 290 g/mol. The minimum absolute atomic E-state index is 0.350. The highest BCUT2D eigenvalue weighted by Crippen LogP contribution is 2.09. The molecule has 0 spiro atoms. The summed E-state index contributed by atoms with van der Waals surface area (Å²) in [5, 5.41) is 0. The average Bonchev–Trinajstić information content (AvgIpc) is 2.43. The van der Waals surface area contributed by atoms with E-state index in [2.05, 4.69) is 0 Å². The molecule has 0 aromatic rings. The molecular formula is C15H29NO6. The van der Waals surface area contributed by atoms with Crippen LogP contribution >= 0.6 is 0 Å². The molecule has 0 N–H and O–H groups in total. The van der Waals surface area contributed by atoms with Crippen LogP contribution in [-0.4, -0.2) is 82.5 Å². The van der Waals surface area contributed by atoms with Crippen LogP contribution in [0.4, 0.5) is 4.79 Å². The summed E-state index contributed by atoms with van der Waals surface area (Å²) in [6.45, 7) is 10.5. The fourth-order valence-electron chi connectivity index (χ4n) is 1.73. The number of hydrogen-bond donors (Lipinski definition) is 0. The Kier molecular flexibility index (Phi) is 9.38. The van der Waals surface area contributed by atoms with Crippen LogP contribution in [0.3, 0.4) is 0 Å². The molecule has 1 aliphatic heterocycles. The fraction of sp³-hybridized carbons (Fsp3) is 0.933. The lowest BCUT2D eigenvalue weighted by molar-refractivity contribution is 0.00206. The molecule has 1 heterocycles. The van der Waals surface area contributed by atoms with E-state index in [0.717, 1.165) is 0 Å². The van der Waals surface area contributed by atoms with Gasteiger partial charge in [0.25, 0.3) is 0 Å². The number of carbonyl (C=O) groups excluding carboxylic acids is 1. The molecule has 0 atom stereocenters. The minimum Gasteiger partial charge on any atom is -0.444 e. The monoisotopic (exact) mass is 319 g/mol. The van der Waals surface area contributed by atoms with Crippen molar-refractivity contribution in [2.45, 2.75) is 26.4 Å². The van der Waals surface area contributed by atoms with Crippen molar-refractivity contribution in [3.05, 3.63) is 0 Å². The average molecular weight is 319 g/mol. The Morgan fingerprint density at radius 1 is 0.773 bits per heavy atom. The molecule has 1 amide bonds. The number of rotatable bonds is 0. The molecule has 7 heteroatoms. The van der Waals surface area contributed by atoms with Gasteiger partial charge in [-0.25, -0.2) is 4.79 Å². The second-order valence-corrected chi connectivity index (χ2v) is 5.92. The van der Waals surface area contributed by atoms with Crippen molar-refractivity contribution in [3.8, 4) is 0 Å². The summed E-state index contributed by atoms with van der Waals surface area (Å²) in [6, 6.07) is 0. The van der Waals surface area contributed by atoms with Crippen molar-refractivity contribution in [2.75, 3.05) is 65.9 Å². The summed E-state index contributed by atoms with van der Waals surface area (Å²) < 4.78 is 27.0. The van der Waals surface area contributed by atoms with Crippen LogP contribution in [0.1, 0.15) is 20.8 Å². The number of ether oxygens (including phenoxy) is 5. The molecule has 1 rings (SSSR count). The molecule has 130 valence electrons. The van der Waals surface area contributed by atoms with Crippen molar-refractivity contribution in [1.82, 2.24) is 4.90 Å². The first kappa shape index (κ1) is 19.2. The Bertz CT molecular complexity index is 289. The van der Waals surface area contributed by atoms with E-state index in [1.54, 1.807) is 4.90 Å². The van der Waals surface area contributed by atoms with Gasteiger partial charge in [0.1, 0.15) is 5.60 Å². The summed E-state index contributed by atoms with van der Waals surface area (Å²) in [6.07, 6.45) is -0.350. The van der Waals surface area contributed by atoms with E-state index in [0.29, 0.717) is 65.9 Å². The molecule has 0 aromatic carbocycles. The van der Waals surface area contributed by atoms with Crippen LogP contribution < -0.4 is 0 Å². The van der Waals surface area contributed by atoms with Crippen molar-refractivity contribution >= 4 is 6.09 Å². The first-order valence-corrected chi connectivity index (χ1v) is 7.78. The smallest absolute Gasteiger partial charge is 0.410 e. The Labute approximate surface area is 132 Å². The molecule has 0 unspecified atom stereocenters. The van der Waals surface area contributed by atoms with E-state index in [1.165, 1.54) is 0 Å². The fourth-order valence-corrected chi connectivity index (χ4v) is 1.73. The zero-order chi connectivity index (χ0) is 16.3. The SMILES string of the molecule is CC(C)(C)OC(=O)N1CCOCCOCCOCCOCC1. The predicted molar refractivity (Wildman–Crippen MR) is 81.1 cm³/mol. The molecule has 1 saturated heterocycles. The van der Waals surface area contributed by atoms with Crippen LogP contribution in [0.25, 0.3) is 0 Å². The molecule has 0 saturated carbocycles. The van der Waals surface area contributed by atoms with Gasteiger partial charge in [0.05, 0.1) is 52.9 Å². The number of nitrogens with zero attached hydrogens (tertiary/aromatic N) is 1. The third-order valence-electron chi connectivity index (χ3n) is 2.78. The van der Waals surface area contributed by atoms with Crippen LogP contribution in [0, 0.1) is 0 Å². The Morgan fingerprint density at radius 2 is 1.14 bits per heavy atom. The number of carbonyl (C=O) groups is 1. The van der Waals surface area contributed by atoms with Gasteiger partial charge in [0.2, 0.25) is 0 Å². The van der Waals surface area contributed by atoms with Crippen molar-refractivity contribution in [1.29, 1.82) is 0 Å². The van der Waals surface area contributed by atoms with Crippen LogP contribution in [-0.2, 0) is 23.7 Å². The van der Waals surface area contributed by atoms with E-state index < -0.39 is 5.60 Å². The quantitative estimate of drug-likeness (QED) is 0.670.